The minimum atomic E-state index is -0.314. The Bertz CT molecular complexity index is 532. The van der Waals surface area contributed by atoms with Crippen molar-refractivity contribution in [3.05, 3.63) is 24.3 Å². The largest absolute Gasteiger partial charge is 0.449 e. The summed E-state index contributed by atoms with van der Waals surface area (Å²) in [4.78, 5) is 11.7. The predicted molar refractivity (Wildman–Crippen MR) is 99.0 cm³/mol. The highest BCUT2D eigenvalue weighted by atomic mass is 16.5. The Kier molecular flexibility index (Phi) is 6.35. The Hall–Kier alpha value is -1.91. The van der Waals surface area contributed by atoms with Gasteiger partial charge in [0.2, 0.25) is 0 Å². The van der Waals surface area contributed by atoms with E-state index in [9.17, 15) is 4.79 Å². The summed E-state index contributed by atoms with van der Waals surface area (Å²) in [5.41, 5.74) is 7.51. The fraction of sp³-hybridized carbons (Fsp3) is 0.632. The highest BCUT2D eigenvalue weighted by Gasteiger charge is 2.23. The molecule has 1 aromatic rings. The van der Waals surface area contributed by atoms with Crippen molar-refractivity contribution in [1.29, 1.82) is 0 Å². The maximum absolute atomic E-state index is 11.7. The van der Waals surface area contributed by atoms with E-state index < -0.39 is 0 Å². The van der Waals surface area contributed by atoms with Crippen LogP contribution in [-0.4, -0.2) is 24.8 Å². The molecule has 0 atom stereocenters. The molecule has 24 heavy (non-hydrogen) atoms. The summed E-state index contributed by atoms with van der Waals surface area (Å²) in [5.74, 6) is 1.14. The van der Waals surface area contributed by atoms with E-state index in [2.05, 4.69) is 10.6 Å². The van der Waals surface area contributed by atoms with Crippen LogP contribution in [0.5, 0.6) is 0 Å². The van der Waals surface area contributed by atoms with Crippen LogP contribution < -0.4 is 16.4 Å². The van der Waals surface area contributed by atoms with Gasteiger partial charge in [-0.05, 0) is 70.4 Å². The van der Waals surface area contributed by atoms with Crippen molar-refractivity contribution in [2.75, 3.05) is 24.2 Å². The molecule has 0 heterocycles. The van der Waals surface area contributed by atoms with Crippen LogP contribution in [0.4, 0.5) is 16.2 Å². The average molecular weight is 333 g/mol. The van der Waals surface area contributed by atoms with Gasteiger partial charge in [0.1, 0.15) is 0 Å². The second-order valence-electron chi connectivity index (χ2n) is 7.83. The number of alkyl carbamates (subject to hydrolysis) is 1. The number of para-hydroxylation sites is 2. The van der Waals surface area contributed by atoms with Crippen LogP contribution in [0.15, 0.2) is 24.3 Å². The molecule has 0 bridgehead atoms. The molecular formula is C19H31N3O2. The molecule has 0 aromatic heterocycles. The normalized spacial score (nSPS) is 21.1. The van der Waals surface area contributed by atoms with E-state index in [1.54, 1.807) is 0 Å². The van der Waals surface area contributed by atoms with Gasteiger partial charge >= 0.3 is 6.09 Å². The minimum absolute atomic E-state index is 0.250. The van der Waals surface area contributed by atoms with E-state index in [1.807, 2.05) is 45.0 Å². The fourth-order valence-corrected chi connectivity index (χ4v) is 3.05. The van der Waals surface area contributed by atoms with Crippen LogP contribution in [0.1, 0.15) is 46.5 Å². The molecule has 0 unspecified atom stereocenters. The highest BCUT2D eigenvalue weighted by Crippen LogP contribution is 2.29. The van der Waals surface area contributed by atoms with Gasteiger partial charge in [0, 0.05) is 12.1 Å². The first-order valence-corrected chi connectivity index (χ1v) is 8.87. The van der Waals surface area contributed by atoms with Crippen molar-refractivity contribution in [2.24, 2.45) is 11.8 Å². The van der Waals surface area contributed by atoms with Crippen molar-refractivity contribution >= 4 is 17.5 Å². The van der Waals surface area contributed by atoms with Crippen LogP contribution in [0.3, 0.4) is 0 Å². The lowest BCUT2D eigenvalue weighted by molar-refractivity contribution is 0.104. The van der Waals surface area contributed by atoms with Gasteiger partial charge in [-0.3, -0.25) is 0 Å². The molecule has 0 radical (unpaired) electrons. The van der Waals surface area contributed by atoms with Gasteiger partial charge < -0.3 is 21.1 Å². The molecule has 1 fully saturated rings. The monoisotopic (exact) mass is 333 g/mol. The molecule has 5 heteroatoms. The molecule has 5 nitrogen and oxygen atoms in total. The van der Waals surface area contributed by atoms with E-state index in [1.165, 1.54) is 0 Å². The van der Waals surface area contributed by atoms with Gasteiger partial charge in [-0.1, -0.05) is 12.1 Å². The average Bonchev–Trinajstić information content (AvgIpc) is 2.51. The third-order valence-electron chi connectivity index (χ3n) is 4.44. The van der Waals surface area contributed by atoms with Gasteiger partial charge in [-0.15, -0.1) is 0 Å². The number of carbonyl (C=O) groups is 1. The quantitative estimate of drug-likeness (QED) is 0.712. The summed E-state index contributed by atoms with van der Waals surface area (Å²) in [6.07, 6.45) is 4.23. The van der Waals surface area contributed by atoms with Crippen molar-refractivity contribution < 1.29 is 9.53 Å². The van der Waals surface area contributed by atoms with Crippen LogP contribution >= 0.6 is 0 Å². The lowest BCUT2D eigenvalue weighted by Gasteiger charge is -2.29. The molecule has 1 aliphatic carbocycles. The summed E-state index contributed by atoms with van der Waals surface area (Å²) in [6, 6.07) is 7.87. The summed E-state index contributed by atoms with van der Waals surface area (Å²) in [6.45, 7) is 7.32. The van der Waals surface area contributed by atoms with E-state index in [0.29, 0.717) is 18.4 Å². The Morgan fingerprint density at radius 3 is 2.42 bits per heavy atom. The number of benzene rings is 1. The number of amides is 1. The maximum atomic E-state index is 11.7. The first-order chi connectivity index (χ1) is 11.3. The molecule has 1 amide bonds. The number of carbonyl (C=O) groups excluding carboxylic acids is 1. The first kappa shape index (κ1) is 18.4. The Morgan fingerprint density at radius 1 is 1.17 bits per heavy atom. The third-order valence-corrected chi connectivity index (χ3v) is 4.44. The number of nitrogens with two attached hydrogens (primary N) is 1. The Labute approximate surface area is 145 Å². The zero-order valence-electron chi connectivity index (χ0n) is 15.1. The van der Waals surface area contributed by atoms with E-state index >= 15 is 0 Å². The Morgan fingerprint density at radius 2 is 1.79 bits per heavy atom. The number of anilines is 2. The number of rotatable bonds is 5. The molecule has 0 saturated heterocycles. The third kappa shape index (κ3) is 6.30. The molecule has 2 rings (SSSR count). The van der Waals surface area contributed by atoms with Gasteiger partial charge in [0.05, 0.1) is 18.0 Å². The summed E-state index contributed by atoms with van der Waals surface area (Å²) in [7, 11) is 0. The van der Waals surface area contributed by atoms with E-state index in [4.69, 9.17) is 10.5 Å². The van der Waals surface area contributed by atoms with Crippen LogP contribution in [0, 0.1) is 11.8 Å². The summed E-state index contributed by atoms with van der Waals surface area (Å²) in [5, 5.41) is 6.28. The second-order valence-corrected chi connectivity index (χ2v) is 7.83. The van der Waals surface area contributed by atoms with Gasteiger partial charge in [0.15, 0.2) is 0 Å². The smallest absolute Gasteiger partial charge is 0.407 e. The van der Waals surface area contributed by atoms with Gasteiger partial charge in [-0.2, -0.15) is 0 Å². The SMILES string of the molecule is CC(C)(C)NC(=O)OCC1CCC(CNc2ccccc2N)CC1. The summed E-state index contributed by atoms with van der Waals surface area (Å²) >= 11 is 0. The molecule has 1 aromatic carbocycles. The van der Waals surface area contributed by atoms with Crippen LogP contribution in [0.25, 0.3) is 0 Å². The molecular weight excluding hydrogens is 302 g/mol. The molecule has 4 N–H and O–H groups in total. The lowest BCUT2D eigenvalue weighted by Crippen LogP contribution is -2.41. The van der Waals surface area contributed by atoms with E-state index in [-0.39, 0.29) is 11.6 Å². The van der Waals surface area contributed by atoms with Gasteiger partial charge in [-0.25, -0.2) is 4.79 Å². The van der Waals surface area contributed by atoms with Crippen molar-refractivity contribution in [1.82, 2.24) is 5.32 Å². The lowest BCUT2D eigenvalue weighted by atomic mass is 9.82. The number of nitrogens with one attached hydrogen (secondary N) is 2. The van der Waals surface area contributed by atoms with E-state index in [0.717, 1.165) is 43.6 Å². The molecule has 0 aliphatic heterocycles. The second kappa shape index (κ2) is 8.27. The molecule has 0 spiro atoms. The summed E-state index contributed by atoms with van der Waals surface area (Å²) < 4.78 is 5.36. The van der Waals surface area contributed by atoms with Crippen LogP contribution in [-0.2, 0) is 4.74 Å². The standard InChI is InChI=1S/C19H31N3O2/c1-19(2,3)22-18(23)24-13-15-10-8-14(9-11-15)12-21-17-7-5-4-6-16(17)20/h4-7,14-15,21H,8-13,20H2,1-3H3,(H,22,23). The molecule has 1 aliphatic rings. The number of ether oxygens (including phenoxy) is 1. The maximum Gasteiger partial charge on any atom is 0.407 e. The molecule has 134 valence electrons. The van der Waals surface area contributed by atoms with Crippen molar-refractivity contribution in [3.63, 3.8) is 0 Å². The van der Waals surface area contributed by atoms with Crippen molar-refractivity contribution in [3.8, 4) is 0 Å². The fourth-order valence-electron chi connectivity index (χ4n) is 3.05. The zero-order valence-corrected chi connectivity index (χ0v) is 15.1. The Balaban J connectivity index is 1.65. The number of nitrogen functional groups attached to an aromatic ring is 1. The number of hydrogen-bond donors (Lipinski definition) is 3. The molecule has 1 saturated carbocycles. The first-order valence-electron chi connectivity index (χ1n) is 8.87. The minimum Gasteiger partial charge on any atom is -0.449 e. The predicted octanol–water partition coefficient (Wildman–Crippen LogP) is 4.01. The topological polar surface area (TPSA) is 76.4 Å². The number of hydrogen-bond acceptors (Lipinski definition) is 4. The van der Waals surface area contributed by atoms with Crippen LogP contribution in [0.2, 0.25) is 0 Å². The zero-order chi connectivity index (χ0) is 17.6. The van der Waals surface area contributed by atoms with Crippen molar-refractivity contribution in [2.45, 2.75) is 52.0 Å². The van der Waals surface area contributed by atoms with Gasteiger partial charge in [0.25, 0.3) is 0 Å². The highest BCUT2D eigenvalue weighted by molar-refractivity contribution is 5.68.